The largest absolute Gasteiger partial charge is 0.455 e. The van der Waals surface area contributed by atoms with Crippen LogP contribution in [0.4, 0.5) is 0 Å². The third-order valence-corrected chi connectivity index (χ3v) is 13.4. The van der Waals surface area contributed by atoms with E-state index in [-0.39, 0.29) is 12.0 Å². The first-order chi connectivity index (χ1) is 30.2. The first-order valence-electron chi connectivity index (χ1n) is 20.8. The number of thiophene rings is 1. The topological polar surface area (TPSA) is 50.8 Å². The summed E-state index contributed by atoms with van der Waals surface area (Å²) < 4.78 is 8.93. The van der Waals surface area contributed by atoms with Gasteiger partial charge in [0.05, 0.1) is 27.7 Å². The Morgan fingerprint density at radius 2 is 1.16 bits per heavy atom. The first kappa shape index (κ1) is 35.5. The van der Waals surface area contributed by atoms with E-state index < -0.39 is 0 Å². The number of para-hydroxylation sites is 2. The predicted octanol–water partition coefficient (Wildman–Crippen LogP) is 15.1. The molecule has 11 aromatic rings. The third-order valence-electron chi connectivity index (χ3n) is 12.2. The fourth-order valence-corrected chi connectivity index (χ4v) is 10.5. The quantitative estimate of drug-likeness (QED) is 0.168. The van der Waals surface area contributed by atoms with E-state index in [9.17, 15) is 0 Å². The van der Waals surface area contributed by atoms with Crippen LogP contribution >= 0.6 is 11.3 Å². The molecule has 0 saturated heterocycles. The minimum Gasteiger partial charge on any atom is -0.455 e. The maximum Gasteiger partial charge on any atom is 0.155 e. The van der Waals surface area contributed by atoms with Crippen molar-refractivity contribution in [1.82, 2.24) is 4.98 Å². The molecule has 5 heteroatoms. The van der Waals surface area contributed by atoms with Crippen molar-refractivity contribution in [3.8, 4) is 33.5 Å². The normalized spacial score (nSPS) is 15.5. The summed E-state index contributed by atoms with van der Waals surface area (Å²) in [7, 11) is 0. The van der Waals surface area contributed by atoms with Crippen molar-refractivity contribution in [3.63, 3.8) is 0 Å². The van der Waals surface area contributed by atoms with E-state index in [4.69, 9.17) is 19.4 Å². The molecule has 2 atom stereocenters. The SMILES string of the molecule is CC1C(c2cccc(-c3cccc4c3oc3ccccc34)c2)=NC(c2ccccc2)=NC1c1ccc(-c2nc3cccc(-c4ccccc4)c3c3c2sc2ccccc23)cc1. The van der Waals surface area contributed by atoms with Gasteiger partial charge < -0.3 is 4.42 Å². The van der Waals surface area contributed by atoms with Crippen LogP contribution in [-0.2, 0) is 0 Å². The van der Waals surface area contributed by atoms with Crippen molar-refractivity contribution < 1.29 is 4.42 Å². The average Bonchev–Trinajstić information content (AvgIpc) is 3.91. The van der Waals surface area contributed by atoms with E-state index in [1.807, 2.05) is 29.5 Å². The number of aliphatic imine (C=N–C) groups is 2. The van der Waals surface area contributed by atoms with Gasteiger partial charge in [0, 0.05) is 54.2 Å². The second-order valence-corrected chi connectivity index (χ2v) is 16.9. The van der Waals surface area contributed by atoms with E-state index in [2.05, 4.69) is 183 Å². The molecule has 0 spiro atoms. The zero-order chi connectivity index (χ0) is 40.4. The summed E-state index contributed by atoms with van der Waals surface area (Å²) in [5.74, 6) is 0.741. The van der Waals surface area contributed by atoms with E-state index in [1.165, 1.54) is 36.7 Å². The second-order valence-electron chi connectivity index (χ2n) is 15.9. The van der Waals surface area contributed by atoms with E-state index >= 15 is 0 Å². The van der Waals surface area contributed by atoms with Crippen molar-refractivity contribution in [2.75, 3.05) is 0 Å². The number of rotatable bonds is 6. The number of fused-ring (bicyclic) bond motifs is 8. The number of nitrogens with zero attached hydrogens (tertiary/aromatic N) is 3. The summed E-state index contributed by atoms with van der Waals surface area (Å²) >= 11 is 1.83. The second kappa shape index (κ2) is 14.4. The lowest BCUT2D eigenvalue weighted by Gasteiger charge is -2.28. The van der Waals surface area contributed by atoms with Gasteiger partial charge in [0.25, 0.3) is 0 Å². The molecule has 0 radical (unpaired) electrons. The zero-order valence-electron chi connectivity index (χ0n) is 33.3. The van der Waals surface area contributed by atoms with Gasteiger partial charge in [-0.05, 0) is 52.1 Å². The highest BCUT2D eigenvalue weighted by Crippen LogP contribution is 2.46. The molecule has 8 aromatic carbocycles. The molecule has 0 aliphatic carbocycles. The number of benzene rings is 8. The van der Waals surface area contributed by atoms with E-state index in [0.717, 1.165) is 78.1 Å². The summed E-state index contributed by atoms with van der Waals surface area (Å²) in [6.45, 7) is 2.26. The Bertz CT molecular complexity index is 3550. The Morgan fingerprint density at radius 1 is 0.508 bits per heavy atom. The van der Waals surface area contributed by atoms with Crippen LogP contribution in [-0.4, -0.2) is 16.5 Å². The molecule has 0 N–H and O–H groups in total. The molecule has 0 amide bonds. The molecule has 3 aromatic heterocycles. The molecule has 1 aliphatic heterocycles. The number of furan rings is 1. The van der Waals surface area contributed by atoms with Crippen molar-refractivity contribution >= 4 is 75.9 Å². The molecular formula is C56H37N3OS. The lowest BCUT2D eigenvalue weighted by atomic mass is 9.85. The summed E-state index contributed by atoms with van der Waals surface area (Å²) in [5, 5.41) is 5.97. The van der Waals surface area contributed by atoms with Crippen LogP contribution in [0.1, 0.15) is 29.7 Å². The van der Waals surface area contributed by atoms with Crippen molar-refractivity contribution in [1.29, 1.82) is 0 Å². The van der Waals surface area contributed by atoms with E-state index in [0.29, 0.717) is 0 Å². The first-order valence-corrected chi connectivity index (χ1v) is 21.6. The van der Waals surface area contributed by atoms with Gasteiger partial charge in [-0.2, -0.15) is 0 Å². The highest BCUT2D eigenvalue weighted by atomic mass is 32.1. The average molecular weight is 800 g/mol. The van der Waals surface area contributed by atoms with Crippen molar-refractivity contribution in [3.05, 3.63) is 211 Å². The molecule has 61 heavy (non-hydrogen) atoms. The molecule has 2 unspecified atom stereocenters. The monoisotopic (exact) mass is 799 g/mol. The van der Waals surface area contributed by atoms with Gasteiger partial charge in [0.15, 0.2) is 5.84 Å². The lowest BCUT2D eigenvalue weighted by Crippen LogP contribution is -2.26. The molecule has 4 heterocycles. The standard InChI is InChI=1S/C56H37N3OS/c1-34-51(36-29-31-37(32-30-36)53-55-50(45-22-9-11-28-48(45)61-55)49-41(23-14-26-46(49)57-53)35-15-4-2-5-16-35)58-56(38-17-6-3-7-18-38)59-52(34)40-20-12-19-39(33-40)42-24-13-25-44-43-21-8-10-27-47(43)60-54(42)44/h2-34,51H,1H3. The molecule has 0 saturated carbocycles. The van der Waals surface area contributed by atoms with Crippen LogP contribution in [0.5, 0.6) is 0 Å². The summed E-state index contributed by atoms with van der Waals surface area (Å²) in [4.78, 5) is 16.1. The summed E-state index contributed by atoms with van der Waals surface area (Å²) in [5.41, 5.74) is 13.7. The van der Waals surface area contributed by atoms with Crippen LogP contribution in [0.25, 0.3) is 86.5 Å². The Kier molecular flexibility index (Phi) is 8.36. The van der Waals surface area contributed by atoms with Gasteiger partial charge in [-0.3, -0.25) is 4.99 Å². The third kappa shape index (κ3) is 5.92. The van der Waals surface area contributed by atoms with Gasteiger partial charge in [-0.1, -0.05) is 177 Å². The molecule has 288 valence electrons. The minimum atomic E-state index is -0.151. The highest BCUT2D eigenvalue weighted by Gasteiger charge is 2.30. The Morgan fingerprint density at radius 3 is 2.00 bits per heavy atom. The molecule has 1 aliphatic rings. The van der Waals surface area contributed by atoms with Crippen molar-refractivity contribution in [2.45, 2.75) is 13.0 Å². The Balaban J connectivity index is 0.960. The van der Waals surface area contributed by atoms with Gasteiger partial charge in [0.1, 0.15) is 11.2 Å². The molecule has 0 bridgehead atoms. The maximum absolute atomic E-state index is 6.47. The smallest absolute Gasteiger partial charge is 0.155 e. The summed E-state index contributed by atoms with van der Waals surface area (Å²) in [6.07, 6.45) is 0. The van der Waals surface area contributed by atoms with E-state index in [1.54, 1.807) is 0 Å². The van der Waals surface area contributed by atoms with Gasteiger partial charge in [-0.15, -0.1) is 11.3 Å². The zero-order valence-corrected chi connectivity index (χ0v) is 34.1. The Hall–Kier alpha value is -7.47. The number of hydrogen-bond acceptors (Lipinski definition) is 5. The van der Waals surface area contributed by atoms with Gasteiger partial charge in [-0.25, -0.2) is 9.98 Å². The number of hydrogen-bond donors (Lipinski definition) is 0. The molecular weight excluding hydrogens is 763 g/mol. The fraction of sp³-hybridized carbons (Fsp3) is 0.0536. The Labute approximate surface area is 356 Å². The van der Waals surface area contributed by atoms with Crippen LogP contribution in [0.3, 0.4) is 0 Å². The fourth-order valence-electron chi connectivity index (χ4n) is 9.30. The van der Waals surface area contributed by atoms with Gasteiger partial charge >= 0.3 is 0 Å². The molecule has 4 nitrogen and oxygen atoms in total. The van der Waals surface area contributed by atoms with Crippen LogP contribution in [0.15, 0.2) is 209 Å². The predicted molar refractivity (Wildman–Crippen MR) is 256 cm³/mol. The lowest BCUT2D eigenvalue weighted by molar-refractivity contribution is 0.592. The number of pyridine rings is 1. The van der Waals surface area contributed by atoms with Gasteiger partial charge in [0.2, 0.25) is 0 Å². The van der Waals surface area contributed by atoms with Crippen LogP contribution < -0.4 is 0 Å². The van der Waals surface area contributed by atoms with Crippen LogP contribution in [0, 0.1) is 5.92 Å². The molecule has 0 fully saturated rings. The number of aromatic nitrogens is 1. The van der Waals surface area contributed by atoms with Crippen LogP contribution in [0.2, 0.25) is 0 Å². The highest BCUT2D eigenvalue weighted by molar-refractivity contribution is 7.26. The minimum absolute atomic E-state index is 0.0000544. The molecule has 12 rings (SSSR count). The summed E-state index contributed by atoms with van der Waals surface area (Å²) in [6, 6.07) is 68.5. The van der Waals surface area contributed by atoms with Crippen molar-refractivity contribution in [2.24, 2.45) is 15.9 Å². The maximum atomic E-state index is 6.47. The number of amidine groups is 1.